The van der Waals surface area contributed by atoms with Crippen LogP contribution in [0, 0.1) is 0 Å². The SMILES string of the molecule is CCc1ccc(N(C)c2ccc(CNC3CC3)nn2)cc1. The van der Waals surface area contributed by atoms with E-state index in [1.54, 1.807) is 0 Å². The Labute approximate surface area is 126 Å². The summed E-state index contributed by atoms with van der Waals surface area (Å²) < 4.78 is 0. The largest absolute Gasteiger partial charge is 0.328 e. The fourth-order valence-corrected chi connectivity index (χ4v) is 2.25. The number of anilines is 2. The van der Waals surface area contributed by atoms with Gasteiger partial charge < -0.3 is 10.2 Å². The Balaban J connectivity index is 1.66. The summed E-state index contributed by atoms with van der Waals surface area (Å²) in [6, 6.07) is 13.4. The first-order chi connectivity index (χ1) is 10.3. The van der Waals surface area contributed by atoms with Crippen molar-refractivity contribution in [2.45, 2.75) is 38.8 Å². The molecule has 0 atom stereocenters. The van der Waals surface area contributed by atoms with Crippen molar-refractivity contribution < 1.29 is 0 Å². The minimum absolute atomic E-state index is 0.700. The van der Waals surface area contributed by atoms with E-state index in [0.717, 1.165) is 30.2 Å². The maximum atomic E-state index is 4.33. The van der Waals surface area contributed by atoms with Gasteiger partial charge in [0.15, 0.2) is 5.82 Å². The summed E-state index contributed by atoms with van der Waals surface area (Å²) in [4.78, 5) is 2.06. The maximum Gasteiger partial charge on any atom is 0.155 e. The van der Waals surface area contributed by atoms with Gasteiger partial charge in [0.1, 0.15) is 0 Å². The van der Waals surface area contributed by atoms with E-state index in [-0.39, 0.29) is 0 Å². The Kier molecular flexibility index (Phi) is 4.15. The van der Waals surface area contributed by atoms with E-state index in [9.17, 15) is 0 Å². The summed E-state index contributed by atoms with van der Waals surface area (Å²) in [5.74, 6) is 0.870. The zero-order valence-electron chi connectivity index (χ0n) is 12.7. The highest BCUT2D eigenvalue weighted by Crippen LogP contribution is 2.22. The minimum atomic E-state index is 0.700. The average molecular weight is 282 g/mol. The van der Waals surface area contributed by atoms with Crippen molar-refractivity contribution in [2.75, 3.05) is 11.9 Å². The van der Waals surface area contributed by atoms with Crippen LogP contribution in [0.3, 0.4) is 0 Å². The molecule has 2 aromatic rings. The molecule has 1 N–H and O–H groups in total. The lowest BCUT2D eigenvalue weighted by atomic mass is 10.1. The van der Waals surface area contributed by atoms with E-state index in [2.05, 4.69) is 57.7 Å². The normalized spacial score (nSPS) is 14.2. The zero-order valence-corrected chi connectivity index (χ0v) is 12.7. The van der Waals surface area contributed by atoms with Gasteiger partial charge in [-0.3, -0.25) is 0 Å². The fourth-order valence-electron chi connectivity index (χ4n) is 2.25. The van der Waals surface area contributed by atoms with Crippen molar-refractivity contribution in [3.63, 3.8) is 0 Å². The van der Waals surface area contributed by atoms with Gasteiger partial charge in [0.05, 0.1) is 5.69 Å². The molecule has 21 heavy (non-hydrogen) atoms. The van der Waals surface area contributed by atoms with Crippen molar-refractivity contribution >= 4 is 11.5 Å². The maximum absolute atomic E-state index is 4.33. The molecule has 1 aromatic carbocycles. The lowest BCUT2D eigenvalue weighted by Crippen LogP contribution is -2.17. The Morgan fingerprint density at radius 2 is 1.86 bits per heavy atom. The van der Waals surface area contributed by atoms with E-state index in [4.69, 9.17) is 0 Å². The second-order valence-corrected chi connectivity index (χ2v) is 5.62. The summed E-state index contributed by atoms with van der Waals surface area (Å²) in [6.07, 6.45) is 3.65. The zero-order chi connectivity index (χ0) is 14.7. The van der Waals surface area contributed by atoms with Crippen LogP contribution in [0.4, 0.5) is 11.5 Å². The van der Waals surface area contributed by atoms with Crippen molar-refractivity contribution in [2.24, 2.45) is 0 Å². The highest BCUT2D eigenvalue weighted by atomic mass is 15.2. The molecule has 1 aliphatic rings. The first-order valence-electron chi connectivity index (χ1n) is 7.65. The summed E-state index contributed by atoms with van der Waals surface area (Å²) >= 11 is 0. The molecular formula is C17H22N4. The van der Waals surface area contributed by atoms with E-state index in [0.29, 0.717) is 6.04 Å². The van der Waals surface area contributed by atoms with Gasteiger partial charge in [-0.05, 0) is 49.1 Å². The van der Waals surface area contributed by atoms with Gasteiger partial charge in [-0.1, -0.05) is 19.1 Å². The fraction of sp³-hybridized carbons (Fsp3) is 0.412. The molecule has 1 heterocycles. The second kappa shape index (κ2) is 6.22. The molecular weight excluding hydrogens is 260 g/mol. The number of nitrogens with one attached hydrogen (secondary N) is 1. The van der Waals surface area contributed by atoms with Gasteiger partial charge >= 0.3 is 0 Å². The monoisotopic (exact) mass is 282 g/mol. The number of benzene rings is 1. The van der Waals surface area contributed by atoms with Crippen molar-refractivity contribution in [1.82, 2.24) is 15.5 Å². The van der Waals surface area contributed by atoms with Crippen LogP contribution in [0.25, 0.3) is 0 Å². The van der Waals surface area contributed by atoms with Crippen LogP contribution in [-0.4, -0.2) is 23.3 Å². The Morgan fingerprint density at radius 1 is 1.10 bits per heavy atom. The third-order valence-electron chi connectivity index (χ3n) is 3.93. The van der Waals surface area contributed by atoms with Crippen molar-refractivity contribution in [1.29, 1.82) is 0 Å². The van der Waals surface area contributed by atoms with Gasteiger partial charge in [-0.15, -0.1) is 5.10 Å². The molecule has 1 fully saturated rings. The van der Waals surface area contributed by atoms with Crippen molar-refractivity contribution in [3.8, 4) is 0 Å². The van der Waals surface area contributed by atoms with Gasteiger partial charge in [0.25, 0.3) is 0 Å². The lowest BCUT2D eigenvalue weighted by Gasteiger charge is -2.18. The smallest absolute Gasteiger partial charge is 0.155 e. The highest BCUT2D eigenvalue weighted by molar-refractivity contribution is 5.58. The molecule has 0 radical (unpaired) electrons. The predicted molar refractivity (Wildman–Crippen MR) is 85.8 cm³/mol. The molecule has 1 saturated carbocycles. The molecule has 0 spiro atoms. The number of nitrogens with zero attached hydrogens (tertiary/aromatic N) is 3. The van der Waals surface area contributed by atoms with E-state index < -0.39 is 0 Å². The molecule has 0 saturated heterocycles. The number of rotatable bonds is 6. The molecule has 1 aliphatic carbocycles. The first-order valence-corrected chi connectivity index (χ1v) is 7.65. The van der Waals surface area contributed by atoms with Crippen LogP contribution >= 0.6 is 0 Å². The van der Waals surface area contributed by atoms with E-state index >= 15 is 0 Å². The Morgan fingerprint density at radius 3 is 2.43 bits per heavy atom. The predicted octanol–water partition coefficient (Wildman–Crippen LogP) is 3.06. The second-order valence-electron chi connectivity index (χ2n) is 5.62. The highest BCUT2D eigenvalue weighted by Gasteiger charge is 2.20. The van der Waals surface area contributed by atoms with Crippen LogP contribution in [0.1, 0.15) is 31.0 Å². The molecule has 0 bridgehead atoms. The third-order valence-corrected chi connectivity index (χ3v) is 3.93. The minimum Gasteiger partial charge on any atom is -0.328 e. The molecule has 3 rings (SSSR count). The van der Waals surface area contributed by atoms with Gasteiger partial charge in [-0.2, -0.15) is 5.10 Å². The van der Waals surface area contributed by atoms with E-state index in [1.807, 2.05) is 13.1 Å². The van der Waals surface area contributed by atoms with Crippen LogP contribution < -0.4 is 10.2 Å². The molecule has 110 valence electrons. The molecule has 0 amide bonds. The number of aromatic nitrogens is 2. The molecule has 1 aromatic heterocycles. The van der Waals surface area contributed by atoms with E-state index in [1.165, 1.54) is 18.4 Å². The van der Waals surface area contributed by atoms with Crippen molar-refractivity contribution in [3.05, 3.63) is 47.7 Å². The molecule has 4 heteroatoms. The van der Waals surface area contributed by atoms with Crippen LogP contribution in [0.2, 0.25) is 0 Å². The number of hydrogen-bond acceptors (Lipinski definition) is 4. The van der Waals surface area contributed by atoms with Crippen LogP contribution in [0.15, 0.2) is 36.4 Å². The van der Waals surface area contributed by atoms with Gasteiger partial charge in [0, 0.05) is 25.3 Å². The topological polar surface area (TPSA) is 41.0 Å². The molecule has 4 nitrogen and oxygen atoms in total. The summed E-state index contributed by atoms with van der Waals surface area (Å²) in [5, 5.41) is 12.1. The van der Waals surface area contributed by atoms with Gasteiger partial charge in [-0.25, -0.2) is 0 Å². The average Bonchev–Trinajstić information content (AvgIpc) is 3.37. The van der Waals surface area contributed by atoms with Gasteiger partial charge in [0.2, 0.25) is 0 Å². The number of aryl methyl sites for hydroxylation is 1. The third kappa shape index (κ3) is 3.58. The molecule has 0 aliphatic heterocycles. The first kappa shape index (κ1) is 14.0. The summed E-state index contributed by atoms with van der Waals surface area (Å²) in [5.41, 5.74) is 3.48. The van der Waals surface area contributed by atoms with Crippen LogP contribution in [-0.2, 0) is 13.0 Å². The Hall–Kier alpha value is -1.94. The summed E-state index contributed by atoms with van der Waals surface area (Å²) in [7, 11) is 2.02. The Bertz CT molecular complexity index is 573. The van der Waals surface area contributed by atoms with Crippen LogP contribution in [0.5, 0.6) is 0 Å². The molecule has 0 unspecified atom stereocenters. The summed E-state index contributed by atoms with van der Waals surface area (Å²) in [6.45, 7) is 2.98. The standard InChI is InChI=1S/C17H22N4/c1-3-13-4-9-16(10-5-13)21(2)17-11-8-15(19-20-17)12-18-14-6-7-14/h4-5,8-11,14,18H,3,6-7,12H2,1-2H3. The quantitative estimate of drug-likeness (QED) is 0.884. The number of hydrogen-bond donors (Lipinski definition) is 1. The lowest BCUT2D eigenvalue weighted by molar-refractivity contribution is 0.665.